The molecule has 0 spiro atoms. The Bertz CT molecular complexity index is 720. The number of amides is 4. The second-order valence-corrected chi connectivity index (χ2v) is 5.22. The van der Waals surface area contributed by atoms with Crippen LogP contribution in [0, 0.1) is 0 Å². The lowest BCUT2D eigenvalue weighted by Crippen LogP contribution is -2.48. The first-order valence-electron chi connectivity index (χ1n) is 7.10. The maximum atomic E-state index is 13.0. The SMILES string of the molecule is CC(=O)NN1C(=O)NC(c2ccccc2)(c2ccccc2)C1=O. The largest absolute Gasteiger partial charge is 0.344 e. The van der Waals surface area contributed by atoms with E-state index < -0.39 is 23.4 Å². The Morgan fingerprint density at radius 1 is 0.957 bits per heavy atom. The van der Waals surface area contributed by atoms with Crippen LogP contribution in [0.4, 0.5) is 4.79 Å². The fourth-order valence-corrected chi connectivity index (χ4v) is 2.72. The van der Waals surface area contributed by atoms with E-state index >= 15 is 0 Å². The topological polar surface area (TPSA) is 78.5 Å². The molecule has 1 aliphatic rings. The van der Waals surface area contributed by atoms with Crippen molar-refractivity contribution in [2.45, 2.75) is 12.5 Å². The van der Waals surface area contributed by atoms with Gasteiger partial charge in [-0.05, 0) is 11.1 Å². The van der Waals surface area contributed by atoms with Gasteiger partial charge < -0.3 is 5.32 Å². The second-order valence-electron chi connectivity index (χ2n) is 5.22. The average Bonchev–Trinajstić information content (AvgIpc) is 2.82. The molecule has 1 saturated heterocycles. The molecule has 0 radical (unpaired) electrons. The molecule has 3 rings (SSSR count). The molecule has 1 aliphatic heterocycles. The Balaban J connectivity index is 2.17. The summed E-state index contributed by atoms with van der Waals surface area (Å²) >= 11 is 0. The molecule has 0 aromatic heterocycles. The maximum Gasteiger partial charge on any atom is 0.344 e. The van der Waals surface area contributed by atoms with Crippen LogP contribution < -0.4 is 10.7 Å². The molecule has 0 atom stereocenters. The number of carbonyl (C=O) groups is 3. The molecule has 6 nitrogen and oxygen atoms in total. The van der Waals surface area contributed by atoms with E-state index in [0.29, 0.717) is 11.1 Å². The van der Waals surface area contributed by atoms with E-state index in [4.69, 9.17) is 0 Å². The quantitative estimate of drug-likeness (QED) is 0.844. The summed E-state index contributed by atoms with van der Waals surface area (Å²) in [5, 5.41) is 3.45. The number of hydrogen-bond donors (Lipinski definition) is 2. The third-order valence-electron chi connectivity index (χ3n) is 3.70. The van der Waals surface area contributed by atoms with Crippen molar-refractivity contribution in [2.75, 3.05) is 0 Å². The Labute approximate surface area is 133 Å². The number of rotatable bonds is 3. The zero-order valence-corrected chi connectivity index (χ0v) is 12.4. The molecule has 0 bridgehead atoms. The highest BCUT2D eigenvalue weighted by atomic mass is 16.2. The molecule has 6 heteroatoms. The fraction of sp³-hybridized carbons (Fsp3) is 0.118. The summed E-state index contributed by atoms with van der Waals surface area (Å²) < 4.78 is 0. The van der Waals surface area contributed by atoms with Crippen molar-refractivity contribution < 1.29 is 14.4 Å². The first-order chi connectivity index (χ1) is 11.1. The van der Waals surface area contributed by atoms with Crippen molar-refractivity contribution in [1.29, 1.82) is 0 Å². The minimum absolute atomic E-state index is 0.495. The van der Waals surface area contributed by atoms with Crippen LogP contribution in [0.5, 0.6) is 0 Å². The minimum Gasteiger partial charge on any atom is -0.314 e. The summed E-state index contributed by atoms with van der Waals surface area (Å²) in [4.78, 5) is 36.6. The normalized spacial score (nSPS) is 16.1. The van der Waals surface area contributed by atoms with Crippen LogP contribution in [0.1, 0.15) is 18.1 Å². The average molecular weight is 309 g/mol. The maximum absolute atomic E-state index is 13.0. The van der Waals surface area contributed by atoms with E-state index in [9.17, 15) is 14.4 Å². The number of hydrogen-bond acceptors (Lipinski definition) is 3. The van der Waals surface area contributed by atoms with Gasteiger partial charge in [0.1, 0.15) is 0 Å². The highest BCUT2D eigenvalue weighted by Gasteiger charge is 2.54. The molecule has 23 heavy (non-hydrogen) atoms. The van der Waals surface area contributed by atoms with Crippen LogP contribution in [-0.2, 0) is 15.1 Å². The number of benzene rings is 2. The predicted molar refractivity (Wildman–Crippen MR) is 82.9 cm³/mol. The second kappa shape index (κ2) is 5.57. The molecule has 1 fully saturated rings. The Kier molecular flexibility index (Phi) is 3.57. The van der Waals surface area contributed by atoms with Crippen LogP contribution in [0.2, 0.25) is 0 Å². The van der Waals surface area contributed by atoms with Crippen molar-refractivity contribution in [1.82, 2.24) is 15.8 Å². The fourth-order valence-electron chi connectivity index (χ4n) is 2.72. The van der Waals surface area contributed by atoms with Gasteiger partial charge in [-0.1, -0.05) is 60.7 Å². The molecular formula is C17H15N3O3. The molecule has 4 amide bonds. The van der Waals surface area contributed by atoms with Crippen molar-refractivity contribution in [3.05, 3.63) is 71.8 Å². The summed E-state index contributed by atoms with van der Waals surface area (Å²) in [7, 11) is 0. The van der Waals surface area contributed by atoms with Gasteiger partial charge in [-0.25, -0.2) is 4.79 Å². The first-order valence-corrected chi connectivity index (χ1v) is 7.10. The van der Waals surface area contributed by atoms with Crippen LogP contribution >= 0.6 is 0 Å². The molecular weight excluding hydrogens is 294 g/mol. The van der Waals surface area contributed by atoms with Crippen molar-refractivity contribution in [2.24, 2.45) is 0 Å². The standard InChI is InChI=1S/C17H15N3O3/c1-12(21)19-20-15(22)17(18-16(20)23,13-8-4-2-5-9-13)14-10-6-3-7-11-14/h2-11H,1H3,(H,18,23)(H,19,21). The third-order valence-corrected chi connectivity index (χ3v) is 3.70. The first kappa shape index (κ1) is 14.8. The number of carbonyl (C=O) groups excluding carboxylic acids is 3. The molecule has 116 valence electrons. The lowest BCUT2D eigenvalue weighted by molar-refractivity contribution is -0.137. The smallest absolute Gasteiger partial charge is 0.314 e. The van der Waals surface area contributed by atoms with Crippen molar-refractivity contribution in [3.8, 4) is 0 Å². The van der Waals surface area contributed by atoms with E-state index in [-0.39, 0.29) is 0 Å². The minimum atomic E-state index is -1.36. The van der Waals surface area contributed by atoms with E-state index in [1.165, 1.54) is 6.92 Å². The summed E-state index contributed by atoms with van der Waals surface area (Å²) in [5.74, 6) is -1.04. The van der Waals surface area contributed by atoms with Gasteiger partial charge >= 0.3 is 6.03 Å². The van der Waals surface area contributed by atoms with Crippen LogP contribution in [0.15, 0.2) is 60.7 Å². The number of nitrogens with one attached hydrogen (secondary N) is 2. The number of nitrogens with zero attached hydrogens (tertiary/aromatic N) is 1. The molecule has 0 aliphatic carbocycles. The number of hydrazine groups is 1. The highest BCUT2D eigenvalue weighted by molar-refractivity contribution is 6.10. The Morgan fingerprint density at radius 2 is 1.43 bits per heavy atom. The van der Waals surface area contributed by atoms with E-state index in [1.54, 1.807) is 48.5 Å². The number of urea groups is 1. The van der Waals surface area contributed by atoms with Gasteiger partial charge in [0.05, 0.1) is 0 Å². The third kappa shape index (κ3) is 2.34. The van der Waals surface area contributed by atoms with Crippen molar-refractivity contribution >= 4 is 17.8 Å². The summed E-state index contributed by atoms with van der Waals surface area (Å²) in [6.45, 7) is 1.24. The zero-order valence-electron chi connectivity index (χ0n) is 12.4. The summed E-state index contributed by atoms with van der Waals surface area (Å²) in [5.41, 5.74) is 2.15. The van der Waals surface area contributed by atoms with Crippen molar-refractivity contribution in [3.63, 3.8) is 0 Å². The predicted octanol–water partition coefficient (Wildman–Crippen LogP) is 1.53. The van der Waals surface area contributed by atoms with Crippen LogP contribution in [-0.4, -0.2) is 22.9 Å². The molecule has 2 N–H and O–H groups in total. The molecule has 2 aromatic carbocycles. The summed E-state index contributed by atoms with van der Waals surface area (Å²) in [6.07, 6.45) is 0. The van der Waals surface area contributed by atoms with Gasteiger partial charge in [-0.3, -0.25) is 15.0 Å². The van der Waals surface area contributed by atoms with Gasteiger partial charge in [0.2, 0.25) is 5.91 Å². The van der Waals surface area contributed by atoms with Gasteiger partial charge in [0.15, 0.2) is 5.54 Å². The van der Waals surface area contributed by atoms with E-state index in [1.807, 2.05) is 12.1 Å². The molecule has 0 unspecified atom stereocenters. The monoisotopic (exact) mass is 309 g/mol. The lowest BCUT2D eigenvalue weighted by Gasteiger charge is -2.27. The highest BCUT2D eigenvalue weighted by Crippen LogP contribution is 2.35. The Hall–Kier alpha value is -3.15. The zero-order chi connectivity index (χ0) is 16.4. The molecule has 2 aromatic rings. The van der Waals surface area contributed by atoms with Gasteiger partial charge in [0.25, 0.3) is 5.91 Å². The number of imide groups is 1. The van der Waals surface area contributed by atoms with Crippen LogP contribution in [0.25, 0.3) is 0 Å². The lowest BCUT2D eigenvalue weighted by atomic mass is 9.83. The van der Waals surface area contributed by atoms with E-state index in [2.05, 4.69) is 10.7 Å². The molecule has 0 saturated carbocycles. The van der Waals surface area contributed by atoms with Crippen LogP contribution in [0.3, 0.4) is 0 Å². The van der Waals surface area contributed by atoms with E-state index in [0.717, 1.165) is 5.01 Å². The van der Waals surface area contributed by atoms with Gasteiger partial charge in [0, 0.05) is 6.92 Å². The Morgan fingerprint density at radius 3 is 1.87 bits per heavy atom. The van der Waals surface area contributed by atoms with Gasteiger partial charge in [-0.15, -0.1) is 0 Å². The van der Waals surface area contributed by atoms with Gasteiger partial charge in [-0.2, -0.15) is 5.01 Å². The molecule has 1 heterocycles. The summed E-state index contributed by atoms with van der Waals surface area (Å²) in [6, 6.07) is 17.2.